The Morgan fingerprint density at radius 1 is 1.35 bits per heavy atom. The van der Waals surface area contributed by atoms with Crippen molar-refractivity contribution in [2.75, 3.05) is 27.2 Å². The number of unbranched alkanes of at least 4 members (excludes halogenated alkanes) is 1. The number of hydrogen-bond acceptors (Lipinski definition) is 3. The summed E-state index contributed by atoms with van der Waals surface area (Å²) in [5.41, 5.74) is 1.27. The summed E-state index contributed by atoms with van der Waals surface area (Å²) in [6, 6.07) is 0.489. The highest BCUT2D eigenvalue weighted by molar-refractivity contribution is 4.99. The van der Waals surface area contributed by atoms with Crippen LogP contribution in [0.25, 0.3) is 0 Å². The van der Waals surface area contributed by atoms with Gasteiger partial charge in [0.2, 0.25) is 0 Å². The highest BCUT2D eigenvalue weighted by Gasteiger charge is 2.04. The molecule has 1 aromatic heterocycles. The van der Waals surface area contributed by atoms with E-state index in [1.807, 2.05) is 12.5 Å². The normalized spacial score (nSPS) is 11.6. The summed E-state index contributed by atoms with van der Waals surface area (Å²) in [4.78, 5) is 6.43. The van der Waals surface area contributed by atoms with Crippen molar-refractivity contribution in [2.24, 2.45) is 0 Å². The second-order valence-electron chi connectivity index (χ2n) is 5.07. The van der Waals surface area contributed by atoms with E-state index < -0.39 is 0 Å². The summed E-state index contributed by atoms with van der Waals surface area (Å²) < 4.78 is 2.22. The smallest absolute Gasteiger partial charge is 0.0951 e. The summed E-state index contributed by atoms with van der Waals surface area (Å²) in [6.07, 6.45) is 6.35. The van der Waals surface area contributed by atoms with Crippen LogP contribution in [0.2, 0.25) is 0 Å². The Labute approximate surface area is 105 Å². The fraction of sp³-hybridized carbons (Fsp3) is 0.769. The molecule has 0 saturated heterocycles. The number of aromatic nitrogens is 2. The number of nitrogens with one attached hydrogen (secondary N) is 1. The van der Waals surface area contributed by atoms with Gasteiger partial charge in [-0.25, -0.2) is 4.98 Å². The van der Waals surface area contributed by atoms with Crippen molar-refractivity contribution in [3.05, 3.63) is 18.2 Å². The van der Waals surface area contributed by atoms with Crippen LogP contribution in [0.4, 0.5) is 0 Å². The molecule has 1 heterocycles. The van der Waals surface area contributed by atoms with Crippen molar-refractivity contribution in [2.45, 2.75) is 39.3 Å². The van der Waals surface area contributed by atoms with E-state index in [1.54, 1.807) is 0 Å². The maximum atomic E-state index is 4.20. The Balaban J connectivity index is 2.16. The molecule has 98 valence electrons. The van der Waals surface area contributed by atoms with Gasteiger partial charge in [-0.05, 0) is 53.9 Å². The van der Waals surface area contributed by atoms with E-state index in [2.05, 4.69) is 47.7 Å². The molecule has 0 radical (unpaired) electrons. The molecule has 4 heteroatoms. The highest BCUT2D eigenvalue weighted by Crippen LogP contribution is 2.08. The minimum atomic E-state index is 0.489. The Morgan fingerprint density at radius 3 is 2.76 bits per heavy atom. The standard InChI is InChI=1S/C13H26N4/c1-12(2)17-11-15-10-13(17)9-14-7-5-6-8-16(3)4/h10-12,14H,5-9H2,1-4H3. The van der Waals surface area contributed by atoms with Gasteiger partial charge in [0.05, 0.1) is 12.0 Å². The third-order valence-electron chi connectivity index (χ3n) is 2.82. The van der Waals surface area contributed by atoms with E-state index in [-0.39, 0.29) is 0 Å². The fourth-order valence-electron chi connectivity index (χ4n) is 1.83. The molecule has 0 aromatic carbocycles. The average molecular weight is 238 g/mol. The van der Waals surface area contributed by atoms with Crippen LogP contribution < -0.4 is 5.32 Å². The fourth-order valence-corrected chi connectivity index (χ4v) is 1.83. The summed E-state index contributed by atoms with van der Waals surface area (Å²) in [5.74, 6) is 0. The molecule has 0 saturated carbocycles. The van der Waals surface area contributed by atoms with Crippen molar-refractivity contribution in [1.29, 1.82) is 0 Å². The van der Waals surface area contributed by atoms with E-state index in [1.165, 1.54) is 25.1 Å². The monoisotopic (exact) mass is 238 g/mol. The van der Waals surface area contributed by atoms with Gasteiger partial charge in [0, 0.05) is 18.8 Å². The Bertz CT molecular complexity index is 304. The van der Waals surface area contributed by atoms with Crippen molar-refractivity contribution in [3.8, 4) is 0 Å². The minimum absolute atomic E-state index is 0.489. The van der Waals surface area contributed by atoms with Crippen LogP contribution in [-0.4, -0.2) is 41.6 Å². The zero-order valence-electron chi connectivity index (χ0n) is 11.6. The first kappa shape index (κ1) is 14.2. The van der Waals surface area contributed by atoms with E-state index in [4.69, 9.17) is 0 Å². The lowest BCUT2D eigenvalue weighted by atomic mass is 10.3. The second kappa shape index (κ2) is 7.45. The predicted molar refractivity (Wildman–Crippen MR) is 72.1 cm³/mol. The SMILES string of the molecule is CC(C)n1cncc1CNCCCCN(C)C. The molecule has 4 nitrogen and oxygen atoms in total. The van der Waals surface area contributed by atoms with Gasteiger partial charge in [-0.1, -0.05) is 0 Å². The topological polar surface area (TPSA) is 33.1 Å². The number of imidazole rings is 1. The van der Waals surface area contributed by atoms with Crippen LogP contribution in [0.5, 0.6) is 0 Å². The van der Waals surface area contributed by atoms with Crippen LogP contribution in [-0.2, 0) is 6.54 Å². The molecule has 1 N–H and O–H groups in total. The third-order valence-corrected chi connectivity index (χ3v) is 2.82. The van der Waals surface area contributed by atoms with Crippen molar-refractivity contribution in [3.63, 3.8) is 0 Å². The van der Waals surface area contributed by atoms with Gasteiger partial charge < -0.3 is 14.8 Å². The zero-order valence-corrected chi connectivity index (χ0v) is 11.6. The van der Waals surface area contributed by atoms with E-state index in [0.717, 1.165) is 13.1 Å². The first-order valence-electron chi connectivity index (χ1n) is 6.47. The molecule has 0 aliphatic rings. The van der Waals surface area contributed by atoms with E-state index >= 15 is 0 Å². The lowest BCUT2D eigenvalue weighted by molar-refractivity contribution is 0.391. The first-order valence-corrected chi connectivity index (χ1v) is 6.47. The summed E-state index contributed by atoms with van der Waals surface area (Å²) >= 11 is 0. The molecule has 0 amide bonds. The van der Waals surface area contributed by atoms with Crippen LogP contribution in [0, 0.1) is 0 Å². The molecule has 0 spiro atoms. The number of hydrogen-bond donors (Lipinski definition) is 1. The van der Waals surface area contributed by atoms with Gasteiger partial charge >= 0.3 is 0 Å². The maximum Gasteiger partial charge on any atom is 0.0951 e. The maximum absolute atomic E-state index is 4.20. The van der Waals surface area contributed by atoms with Crippen LogP contribution in [0.1, 0.15) is 38.4 Å². The highest BCUT2D eigenvalue weighted by atomic mass is 15.1. The van der Waals surface area contributed by atoms with Crippen molar-refractivity contribution < 1.29 is 0 Å². The Morgan fingerprint density at radius 2 is 2.12 bits per heavy atom. The molecule has 1 aromatic rings. The molecule has 0 fully saturated rings. The van der Waals surface area contributed by atoms with Gasteiger partial charge in [0.25, 0.3) is 0 Å². The summed E-state index contributed by atoms with van der Waals surface area (Å²) in [6.45, 7) is 7.54. The average Bonchev–Trinajstić information content (AvgIpc) is 2.71. The largest absolute Gasteiger partial charge is 0.331 e. The second-order valence-corrected chi connectivity index (χ2v) is 5.07. The molecular weight excluding hydrogens is 212 g/mol. The molecule has 1 rings (SSSR count). The summed E-state index contributed by atoms with van der Waals surface area (Å²) in [5, 5.41) is 3.48. The Kier molecular flexibility index (Phi) is 6.22. The molecule has 0 atom stereocenters. The van der Waals surface area contributed by atoms with Crippen molar-refractivity contribution in [1.82, 2.24) is 19.8 Å². The molecule has 0 unspecified atom stereocenters. The quantitative estimate of drug-likeness (QED) is 0.702. The lowest BCUT2D eigenvalue weighted by Crippen LogP contribution is -2.19. The molecular formula is C13H26N4. The molecule has 0 aliphatic heterocycles. The van der Waals surface area contributed by atoms with Gasteiger partial charge in [0.15, 0.2) is 0 Å². The first-order chi connectivity index (χ1) is 8.11. The lowest BCUT2D eigenvalue weighted by Gasteiger charge is -2.12. The number of nitrogens with zero attached hydrogens (tertiary/aromatic N) is 3. The van der Waals surface area contributed by atoms with E-state index in [9.17, 15) is 0 Å². The summed E-state index contributed by atoms with van der Waals surface area (Å²) in [7, 11) is 4.24. The third kappa shape index (κ3) is 5.33. The molecule has 0 aliphatic carbocycles. The van der Waals surface area contributed by atoms with Gasteiger partial charge in [-0.3, -0.25) is 0 Å². The molecule has 17 heavy (non-hydrogen) atoms. The molecule has 0 bridgehead atoms. The van der Waals surface area contributed by atoms with E-state index in [0.29, 0.717) is 6.04 Å². The Hall–Kier alpha value is -0.870. The van der Waals surface area contributed by atoms with Gasteiger partial charge in [-0.2, -0.15) is 0 Å². The minimum Gasteiger partial charge on any atom is -0.331 e. The van der Waals surface area contributed by atoms with Crippen LogP contribution in [0.3, 0.4) is 0 Å². The predicted octanol–water partition coefficient (Wildman–Crippen LogP) is 1.90. The van der Waals surface area contributed by atoms with Crippen LogP contribution >= 0.6 is 0 Å². The van der Waals surface area contributed by atoms with Crippen molar-refractivity contribution >= 4 is 0 Å². The number of rotatable bonds is 8. The van der Waals surface area contributed by atoms with Gasteiger partial charge in [-0.15, -0.1) is 0 Å². The van der Waals surface area contributed by atoms with Gasteiger partial charge in [0.1, 0.15) is 0 Å². The zero-order chi connectivity index (χ0) is 12.7. The van der Waals surface area contributed by atoms with Crippen LogP contribution in [0.15, 0.2) is 12.5 Å².